The first kappa shape index (κ1) is 16.6. The number of hydrogen-bond donors (Lipinski definition) is 2. The predicted octanol–water partition coefficient (Wildman–Crippen LogP) is 0.477. The van der Waals surface area contributed by atoms with Gasteiger partial charge in [-0.1, -0.05) is 13.3 Å². The topological polar surface area (TPSA) is 69.6 Å². The van der Waals surface area contributed by atoms with Gasteiger partial charge in [-0.15, -0.1) is 0 Å². The second-order valence-electron chi connectivity index (χ2n) is 3.42. The third-order valence-corrected chi connectivity index (χ3v) is 3.46. The number of nitrogens with zero attached hydrogens (tertiary/aromatic N) is 1. The normalized spacial score (nSPS) is 13.3. The smallest absolute Gasteiger partial charge is 0.395 e. The molecule has 0 unspecified atom stereocenters. The Morgan fingerprint density at radius 2 is 1.88 bits per heavy atom. The van der Waals surface area contributed by atoms with E-state index in [0.717, 1.165) is 4.31 Å². The summed E-state index contributed by atoms with van der Waals surface area (Å²) in [6.45, 7) is -0.343. The molecule has 0 aromatic carbocycles. The van der Waals surface area contributed by atoms with E-state index in [1.54, 1.807) is 0 Å². The Morgan fingerprint density at radius 1 is 1.29 bits per heavy atom. The highest BCUT2D eigenvalue weighted by Crippen LogP contribution is 2.13. The molecule has 0 aliphatic heterocycles. The summed E-state index contributed by atoms with van der Waals surface area (Å²) in [6.07, 6.45) is -3.37. The van der Waals surface area contributed by atoms with Gasteiger partial charge in [0.25, 0.3) is 10.2 Å². The molecule has 0 bridgehead atoms. The Balaban J connectivity index is 4.49. The van der Waals surface area contributed by atoms with E-state index in [1.165, 1.54) is 4.72 Å². The Bertz CT molecular complexity index is 306. The van der Waals surface area contributed by atoms with E-state index in [1.807, 2.05) is 6.92 Å². The highest BCUT2D eigenvalue weighted by Gasteiger charge is 2.31. The first-order chi connectivity index (χ1) is 7.73. The van der Waals surface area contributed by atoms with Gasteiger partial charge in [-0.3, -0.25) is 0 Å². The lowest BCUT2D eigenvalue weighted by Crippen LogP contribution is -2.45. The van der Waals surface area contributed by atoms with E-state index in [4.69, 9.17) is 5.11 Å². The number of nitrogens with one attached hydrogen (secondary N) is 1. The molecule has 0 spiro atoms. The Kier molecular flexibility index (Phi) is 6.98. The molecule has 5 nitrogen and oxygen atoms in total. The van der Waals surface area contributed by atoms with Gasteiger partial charge in [0.15, 0.2) is 0 Å². The molecule has 0 saturated carbocycles. The minimum Gasteiger partial charge on any atom is -0.395 e. The van der Waals surface area contributed by atoms with E-state index in [9.17, 15) is 21.6 Å². The van der Waals surface area contributed by atoms with Crippen LogP contribution in [-0.2, 0) is 10.2 Å². The quantitative estimate of drug-likeness (QED) is 0.678. The van der Waals surface area contributed by atoms with Crippen LogP contribution in [0.1, 0.15) is 19.8 Å². The molecule has 2 N–H and O–H groups in total. The molecule has 0 aromatic heterocycles. The zero-order chi connectivity index (χ0) is 13.5. The van der Waals surface area contributed by atoms with E-state index >= 15 is 0 Å². The van der Waals surface area contributed by atoms with Crippen LogP contribution in [0.2, 0.25) is 0 Å². The summed E-state index contributed by atoms with van der Waals surface area (Å²) >= 11 is 0. The molecule has 0 radical (unpaired) electrons. The fourth-order valence-corrected chi connectivity index (χ4v) is 2.28. The first-order valence-electron chi connectivity index (χ1n) is 5.15. The van der Waals surface area contributed by atoms with E-state index < -0.39 is 29.5 Å². The summed E-state index contributed by atoms with van der Waals surface area (Å²) in [5, 5.41) is 8.67. The summed E-state index contributed by atoms with van der Waals surface area (Å²) in [5.41, 5.74) is 0. The highest BCUT2D eigenvalue weighted by molar-refractivity contribution is 7.87. The Morgan fingerprint density at radius 3 is 2.29 bits per heavy atom. The third-order valence-electron chi connectivity index (χ3n) is 1.91. The molecule has 104 valence electrons. The van der Waals surface area contributed by atoms with Gasteiger partial charge in [0, 0.05) is 13.1 Å². The van der Waals surface area contributed by atoms with Crippen LogP contribution >= 0.6 is 0 Å². The van der Waals surface area contributed by atoms with Crippen LogP contribution in [-0.4, -0.2) is 50.2 Å². The lowest BCUT2D eigenvalue weighted by Gasteiger charge is -2.21. The molecule has 0 rings (SSSR count). The second kappa shape index (κ2) is 7.14. The highest BCUT2D eigenvalue weighted by atomic mass is 32.2. The minimum absolute atomic E-state index is 0.0876. The van der Waals surface area contributed by atoms with Gasteiger partial charge in [-0.05, 0) is 6.42 Å². The van der Waals surface area contributed by atoms with Crippen molar-refractivity contribution in [3.63, 3.8) is 0 Å². The fourth-order valence-electron chi connectivity index (χ4n) is 1.06. The molecule has 0 fully saturated rings. The van der Waals surface area contributed by atoms with Gasteiger partial charge in [0.2, 0.25) is 0 Å². The molecule has 0 saturated heterocycles. The molecular weight excluding hydrogens is 261 g/mol. The van der Waals surface area contributed by atoms with Crippen LogP contribution in [0.3, 0.4) is 0 Å². The molecule has 0 aliphatic rings. The average Bonchev–Trinajstić information content (AvgIpc) is 2.20. The maximum atomic E-state index is 11.9. The molecule has 9 heteroatoms. The third kappa shape index (κ3) is 7.53. The van der Waals surface area contributed by atoms with Crippen molar-refractivity contribution in [1.82, 2.24) is 9.03 Å². The standard InChI is InChI=1S/C8H17F3N2O3S/c1-2-3-4-13(5-6-14)17(15,16)12-7-8(9,10)11/h12,14H,2-7H2,1H3. The summed E-state index contributed by atoms with van der Waals surface area (Å²) < 4.78 is 60.9. The predicted molar refractivity (Wildman–Crippen MR) is 56.5 cm³/mol. The van der Waals surface area contributed by atoms with Crippen molar-refractivity contribution in [2.24, 2.45) is 0 Å². The summed E-state index contributed by atoms with van der Waals surface area (Å²) in [7, 11) is -4.19. The maximum Gasteiger partial charge on any atom is 0.402 e. The Hall–Kier alpha value is -0.380. The van der Waals surface area contributed by atoms with E-state index in [2.05, 4.69) is 0 Å². The molecule has 0 amide bonds. The lowest BCUT2D eigenvalue weighted by atomic mass is 10.3. The van der Waals surface area contributed by atoms with Gasteiger partial charge >= 0.3 is 6.18 Å². The summed E-state index contributed by atoms with van der Waals surface area (Å²) in [4.78, 5) is 0. The van der Waals surface area contributed by atoms with Gasteiger partial charge in [0.1, 0.15) is 6.54 Å². The number of hydrogen-bond acceptors (Lipinski definition) is 3. The zero-order valence-corrected chi connectivity index (χ0v) is 10.3. The van der Waals surface area contributed by atoms with Crippen molar-refractivity contribution in [1.29, 1.82) is 0 Å². The van der Waals surface area contributed by atoms with Gasteiger partial charge in [0.05, 0.1) is 6.61 Å². The van der Waals surface area contributed by atoms with Crippen molar-refractivity contribution < 1.29 is 26.7 Å². The van der Waals surface area contributed by atoms with Crippen molar-refractivity contribution in [3.05, 3.63) is 0 Å². The molecule has 0 atom stereocenters. The molecule has 17 heavy (non-hydrogen) atoms. The van der Waals surface area contributed by atoms with Crippen LogP contribution < -0.4 is 4.72 Å². The first-order valence-corrected chi connectivity index (χ1v) is 6.59. The average molecular weight is 278 g/mol. The van der Waals surface area contributed by atoms with Crippen LogP contribution in [0.15, 0.2) is 0 Å². The number of aliphatic hydroxyl groups is 1. The number of aliphatic hydroxyl groups excluding tert-OH is 1. The van der Waals surface area contributed by atoms with Gasteiger partial charge in [-0.2, -0.15) is 30.6 Å². The summed E-state index contributed by atoms with van der Waals surface area (Å²) in [6, 6.07) is 0. The summed E-state index contributed by atoms with van der Waals surface area (Å²) in [5.74, 6) is 0. The van der Waals surface area contributed by atoms with Crippen LogP contribution in [0, 0.1) is 0 Å². The lowest BCUT2D eigenvalue weighted by molar-refractivity contribution is -0.121. The largest absolute Gasteiger partial charge is 0.402 e. The van der Waals surface area contributed by atoms with Crippen LogP contribution in [0.25, 0.3) is 0 Å². The van der Waals surface area contributed by atoms with Crippen molar-refractivity contribution >= 4 is 10.2 Å². The molecule has 0 aromatic rings. The fraction of sp³-hybridized carbons (Fsp3) is 1.00. The van der Waals surface area contributed by atoms with Crippen LogP contribution in [0.5, 0.6) is 0 Å². The van der Waals surface area contributed by atoms with Gasteiger partial charge in [-0.25, -0.2) is 0 Å². The molecule has 0 aliphatic carbocycles. The molecule has 0 heterocycles. The number of unbranched alkanes of at least 4 members (excludes halogenated alkanes) is 1. The Labute approximate surface area is 98.8 Å². The maximum absolute atomic E-state index is 11.9. The number of rotatable bonds is 8. The zero-order valence-electron chi connectivity index (χ0n) is 9.50. The van der Waals surface area contributed by atoms with Crippen molar-refractivity contribution in [2.45, 2.75) is 25.9 Å². The SMILES string of the molecule is CCCCN(CCO)S(=O)(=O)NCC(F)(F)F. The molecular formula is C8H17F3N2O3S. The minimum atomic E-state index is -4.59. The van der Waals surface area contributed by atoms with Crippen LogP contribution in [0.4, 0.5) is 13.2 Å². The second-order valence-corrected chi connectivity index (χ2v) is 5.17. The van der Waals surface area contributed by atoms with Gasteiger partial charge < -0.3 is 5.11 Å². The van der Waals surface area contributed by atoms with Crippen molar-refractivity contribution in [2.75, 3.05) is 26.2 Å². The van der Waals surface area contributed by atoms with E-state index in [-0.39, 0.29) is 13.1 Å². The number of alkyl halides is 3. The van der Waals surface area contributed by atoms with E-state index in [0.29, 0.717) is 12.8 Å². The number of halogens is 3. The monoisotopic (exact) mass is 278 g/mol. The van der Waals surface area contributed by atoms with Crippen molar-refractivity contribution in [3.8, 4) is 0 Å².